The van der Waals surface area contributed by atoms with E-state index in [0.717, 1.165) is 11.3 Å². The van der Waals surface area contributed by atoms with E-state index in [1.165, 1.54) is 0 Å². The lowest BCUT2D eigenvalue weighted by molar-refractivity contribution is -0.157. The molecule has 18 heavy (non-hydrogen) atoms. The molecule has 0 aliphatic carbocycles. The molecule has 0 amide bonds. The predicted molar refractivity (Wildman–Crippen MR) is 66.9 cm³/mol. The van der Waals surface area contributed by atoms with Gasteiger partial charge in [-0.05, 0) is 24.1 Å². The first-order valence-corrected chi connectivity index (χ1v) is 6.09. The highest BCUT2D eigenvalue weighted by Crippen LogP contribution is 2.42. The van der Waals surface area contributed by atoms with Crippen molar-refractivity contribution in [1.29, 1.82) is 0 Å². The number of carboxylic acid groups (broad SMARTS) is 1. The third-order valence-corrected chi connectivity index (χ3v) is 3.74. The fraction of sp³-hybridized carbons (Fsp3) is 0.500. The summed E-state index contributed by atoms with van der Waals surface area (Å²) in [6, 6.07) is 7.62. The lowest BCUT2D eigenvalue weighted by Gasteiger charge is -2.45. The van der Waals surface area contributed by atoms with Gasteiger partial charge in [0.1, 0.15) is 5.75 Å². The highest BCUT2D eigenvalue weighted by molar-refractivity contribution is 5.73. The Labute approximate surface area is 107 Å². The van der Waals surface area contributed by atoms with Gasteiger partial charge in [0.15, 0.2) is 0 Å². The van der Waals surface area contributed by atoms with Gasteiger partial charge in [0.25, 0.3) is 0 Å². The number of benzene rings is 1. The molecule has 1 aliphatic heterocycles. The van der Waals surface area contributed by atoms with Gasteiger partial charge in [-0.3, -0.25) is 4.79 Å². The molecule has 1 fully saturated rings. The molecule has 0 aromatic heterocycles. The Bertz CT molecular complexity index is 437. The largest absolute Gasteiger partial charge is 0.497 e. The topological polar surface area (TPSA) is 55.8 Å². The molecular formula is C14H18O4. The average Bonchev–Trinajstić information content (AvgIpc) is 2.33. The fourth-order valence-corrected chi connectivity index (χ4v) is 2.63. The zero-order valence-electron chi connectivity index (χ0n) is 10.7. The number of hydrogen-bond donors (Lipinski definition) is 1. The van der Waals surface area contributed by atoms with E-state index in [-0.39, 0.29) is 0 Å². The maximum absolute atomic E-state index is 11.4. The van der Waals surface area contributed by atoms with E-state index in [0.29, 0.717) is 19.6 Å². The van der Waals surface area contributed by atoms with E-state index in [1.54, 1.807) is 7.11 Å². The van der Waals surface area contributed by atoms with Crippen LogP contribution in [0.3, 0.4) is 0 Å². The first-order chi connectivity index (χ1) is 8.64. The summed E-state index contributed by atoms with van der Waals surface area (Å²) in [6.07, 6.45) is 0.593. The zero-order chi connectivity index (χ0) is 13.2. The van der Waals surface area contributed by atoms with Crippen molar-refractivity contribution in [2.24, 2.45) is 5.92 Å². The molecule has 0 spiro atoms. The first-order valence-electron chi connectivity index (χ1n) is 6.09. The summed E-state index contributed by atoms with van der Waals surface area (Å²) in [7, 11) is 1.61. The maximum atomic E-state index is 11.4. The summed E-state index contributed by atoms with van der Waals surface area (Å²) in [5.74, 6) is -0.430. The number of carbonyl (C=O) groups is 1. The number of rotatable bonds is 5. The van der Waals surface area contributed by atoms with Crippen LogP contribution in [0, 0.1) is 5.92 Å². The second-order valence-corrected chi connectivity index (χ2v) is 4.68. The van der Waals surface area contributed by atoms with Gasteiger partial charge in [0.2, 0.25) is 0 Å². The normalized spacial score (nSPS) is 18.8. The summed E-state index contributed by atoms with van der Waals surface area (Å²) >= 11 is 0. The highest BCUT2D eigenvalue weighted by atomic mass is 16.5. The van der Waals surface area contributed by atoms with Gasteiger partial charge in [-0.2, -0.15) is 0 Å². The van der Waals surface area contributed by atoms with Crippen molar-refractivity contribution in [1.82, 2.24) is 0 Å². The summed E-state index contributed by atoms with van der Waals surface area (Å²) < 4.78 is 10.5. The van der Waals surface area contributed by atoms with E-state index < -0.39 is 17.3 Å². The van der Waals surface area contributed by atoms with Crippen molar-refractivity contribution in [2.75, 3.05) is 20.3 Å². The summed E-state index contributed by atoms with van der Waals surface area (Å²) in [4.78, 5) is 11.4. The van der Waals surface area contributed by atoms with E-state index in [2.05, 4.69) is 0 Å². The molecule has 1 aromatic carbocycles. The van der Waals surface area contributed by atoms with E-state index in [4.69, 9.17) is 9.47 Å². The second kappa shape index (κ2) is 4.98. The molecule has 1 N–H and O–H groups in total. The number of hydrogen-bond acceptors (Lipinski definition) is 3. The third kappa shape index (κ3) is 1.97. The van der Waals surface area contributed by atoms with Gasteiger partial charge in [-0.25, -0.2) is 0 Å². The molecule has 4 nitrogen and oxygen atoms in total. The van der Waals surface area contributed by atoms with Crippen LogP contribution in [0.5, 0.6) is 5.75 Å². The minimum Gasteiger partial charge on any atom is -0.497 e. The molecule has 1 aliphatic rings. The predicted octanol–water partition coefficient (Wildman–Crippen LogP) is 2.07. The Morgan fingerprint density at radius 2 is 2.28 bits per heavy atom. The number of ether oxygens (including phenoxy) is 2. The fourth-order valence-electron chi connectivity index (χ4n) is 2.63. The van der Waals surface area contributed by atoms with Gasteiger partial charge in [-0.15, -0.1) is 0 Å². The van der Waals surface area contributed by atoms with E-state index in [9.17, 15) is 9.90 Å². The van der Waals surface area contributed by atoms with Gasteiger partial charge < -0.3 is 14.6 Å². The third-order valence-electron chi connectivity index (χ3n) is 3.74. The quantitative estimate of drug-likeness (QED) is 0.869. The van der Waals surface area contributed by atoms with Crippen LogP contribution >= 0.6 is 0 Å². The van der Waals surface area contributed by atoms with Crippen LogP contribution in [0.1, 0.15) is 18.9 Å². The summed E-state index contributed by atoms with van der Waals surface area (Å²) in [5.41, 5.74) is 0.581. The minimum atomic E-state index is -0.761. The van der Waals surface area contributed by atoms with E-state index >= 15 is 0 Å². The molecule has 0 radical (unpaired) electrons. The average molecular weight is 250 g/mol. The van der Waals surface area contributed by atoms with Gasteiger partial charge in [-0.1, -0.05) is 19.1 Å². The van der Waals surface area contributed by atoms with Crippen LogP contribution < -0.4 is 4.74 Å². The molecule has 0 bridgehead atoms. The Morgan fingerprint density at radius 1 is 1.56 bits per heavy atom. The lowest BCUT2D eigenvalue weighted by Crippen LogP contribution is -2.54. The number of methoxy groups -OCH3 is 1. The number of carboxylic acids is 1. The molecule has 0 saturated carbocycles. The molecule has 98 valence electrons. The van der Waals surface area contributed by atoms with Gasteiger partial charge in [0.05, 0.1) is 31.7 Å². The lowest BCUT2D eigenvalue weighted by atomic mass is 9.67. The Hall–Kier alpha value is -1.55. The molecule has 1 aromatic rings. The summed E-state index contributed by atoms with van der Waals surface area (Å²) in [6.45, 7) is 2.83. The zero-order valence-corrected chi connectivity index (χ0v) is 10.7. The molecule has 1 saturated heterocycles. The van der Waals surface area contributed by atoms with Crippen LogP contribution in [0.2, 0.25) is 0 Å². The Balaban J connectivity index is 2.39. The molecular weight excluding hydrogens is 232 g/mol. The van der Waals surface area contributed by atoms with Crippen molar-refractivity contribution in [3.05, 3.63) is 29.8 Å². The van der Waals surface area contributed by atoms with Crippen molar-refractivity contribution >= 4 is 5.97 Å². The van der Waals surface area contributed by atoms with Crippen LogP contribution in [0.4, 0.5) is 0 Å². The van der Waals surface area contributed by atoms with Crippen molar-refractivity contribution in [2.45, 2.75) is 18.8 Å². The van der Waals surface area contributed by atoms with Crippen molar-refractivity contribution < 1.29 is 19.4 Å². The standard InChI is InChI=1S/C14H18O4/c1-3-12(13(15)16)14(8-18-9-14)10-5-4-6-11(7-10)17-2/h4-7,12H,3,8-9H2,1-2H3,(H,15,16). The Kier molecular flexibility index (Phi) is 3.57. The molecule has 4 heteroatoms. The molecule has 2 rings (SSSR count). The minimum absolute atomic E-state index is 0.408. The molecule has 1 atom stereocenters. The van der Waals surface area contributed by atoms with Crippen LogP contribution in [0.25, 0.3) is 0 Å². The SMILES string of the molecule is CCC(C(=O)O)C1(c2cccc(OC)c2)COC1. The van der Waals surface area contributed by atoms with Crippen LogP contribution in [0.15, 0.2) is 24.3 Å². The summed E-state index contributed by atoms with van der Waals surface area (Å²) in [5, 5.41) is 9.37. The number of aliphatic carboxylic acids is 1. The van der Waals surface area contributed by atoms with Crippen LogP contribution in [-0.4, -0.2) is 31.4 Å². The Morgan fingerprint density at radius 3 is 2.72 bits per heavy atom. The first kappa shape index (κ1) is 12.9. The van der Waals surface area contributed by atoms with Gasteiger partial charge >= 0.3 is 5.97 Å². The highest BCUT2D eigenvalue weighted by Gasteiger charge is 2.49. The molecule has 1 unspecified atom stereocenters. The van der Waals surface area contributed by atoms with E-state index in [1.807, 2.05) is 31.2 Å². The van der Waals surface area contributed by atoms with Crippen LogP contribution in [-0.2, 0) is 14.9 Å². The molecule has 1 heterocycles. The maximum Gasteiger partial charge on any atom is 0.307 e. The second-order valence-electron chi connectivity index (χ2n) is 4.68. The van der Waals surface area contributed by atoms with Crippen molar-refractivity contribution in [3.8, 4) is 5.75 Å². The monoisotopic (exact) mass is 250 g/mol. The van der Waals surface area contributed by atoms with Crippen molar-refractivity contribution in [3.63, 3.8) is 0 Å². The smallest absolute Gasteiger partial charge is 0.307 e. The van der Waals surface area contributed by atoms with Gasteiger partial charge in [0, 0.05) is 0 Å².